The molecule has 0 unspecified atom stereocenters. The number of nitrogens with zero attached hydrogens (tertiary/aromatic N) is 3. The van der Waals surface area contributed by atoms with Gasteiger partial charge in [-0.2, -0.15) is 0 Å². The molecular formula is C24H22N6O2. The smallest absolute Gasteiger partial charge is 0.321 e. The summed E-state index contributed by atoms with van der Waals surface area (Å²) in [6, 6.07) is 15.4. The monoisotopic (exact) mass is 426 g/mol. The highest BCUT2D eigenvalue weighted by Gasteiger charge is 2.15. The molecule has 5 rings (SSSR count). The van der Waals surface area contributed by atoms with E-state index in [1.54, 1.807) is 10.8 Å². The van der Waals surface area contributed by atoms with Crippen molar-refractivity contribution in [2.75, 3.05) is 11.9 Å². The molecule has 0 bridgehead atoms. The fourth-order valence-electron chi connectivity index (χ4n) is 3.87. The van der Waals surface area contributed by atoms with Crippen molar-refractivity contribution in [1.29, 1.82) is 0 Å². The van der Waals surface area contributed by atoms with Crippen LogP contribution in [-0.4, -0.2) is 37.2 Å². The Kier molecular flexibility index (Phi) is 4.74. The summed E-state index contributed by atoms with van der Waals surface area (Å²) in [5.41, 5.74) is 4.99. The fraction of sp³-hybridized carbons (Fsp3) is 0.125. The molecule has 3 aromatic heterocycles. The van der Waals surface area contributed by atoms with Crippen LogP contribution in [0.5, 0.6) is 5.88 Å². The molecule has 0 saturated heterocycles. The summed E-state index contributed by atoms with van der Waals surface area (Å²) < 4.78 is 1.70. The first-order valence-corrected chi connectivity index (χ1v) is 10.3. The number of aromatic nitrogens is 4. The SMILES string of the molecule is CCNC(=O)Nc1nc2c(-c3ccccn3)cc(-c3ccc4cn(C)c(O)c4c3)cc2[nH]1. The van der Waals surface area contributed by atoms with Crippen LogP contribution >= 0.6 is 0 Å². The number of hydrogen-bond donors (Lipinski definition) is 4. The second kappa shape index (κ2) is 7.73. The minimum atomic E-state index is -0.323. The van der Waals surface area contributed by atoms with Crippen LogP contribution in [0.2, 0.25) is 0 Å². The molecule has 0 atom stereocenters. The topological polar surface area (TPSA) is 108 Å². The number of amides is 2. The zero-order chi connectivity index (χ0) is 22.2. The number of anilines is 1. The maximum absolute atomic E-state index is 12.0. The number of rotatable bonds is 4. The van der Waals surface area contributed by atoms with Gasteiger partial charge in [0.2, 0.25) is 5.95 Å². The van der Waals surface area contributed by atoms with Gasteiger partial charge >= 0.3 is 6.03 Å². The molecule has 0 spiro atoms. The zero-order valence-electron chi connectivity index (χ0n) is 17.7. The summed E-state index contributed by atoms with van der Waals surface area (Å²) in [6.07, 6.45) is 3.63. The van der Waals surface area contributed by atoms with E-state index < -0.39 is 0 Å². The van der Waals surface area contributed by atoms with Crippen molar-refractivity contribution in [2.45, 2.75) is 6.92 Å². The molecule has 0 saturated carbocycles. The van der Waals surface area contributed by atoms with E-state index in [9.17, 15) is 9.90 Å². The summed E-state index contributed by atoms with van der Waals surface area (Å²) in [5.74, 6) is 0.583. The van der Waals surface area contributed by atoms with Gasteiger partial charge in [0.25, 0.3) is 0 Å². The van der Waals surface area contributed by atoms with Gasteiger partial charge < -0.3 is 20.0 Å². The van der Waals surface area contributed by atoms with Crippen molar-refractivity contribution in [1.82, 2.24) is 24.8 Å². The van der Waals surface area contributed by atoms with Crippen LogP contribution in [0.15, 0.2) is 60.9 Å². The van der Waals surface area contributed by atoms with Gasteiger partial charge in [-0.05, 0) is 48.4 Å². The number of imidazole rings is 1. The Labute approximate surface area is 183 Å². The molecular weight excluding hydrogens is 404 g/mol. The van der Waals surface area contributed by atoms with Crippen LogP contribution in [0.1, 0.15) is 6.92 Å². The second-order valence-electron chi connectivity index (χ2n) is 7.57. The van der Waals surface area contributed by atoms with Gasteiger partial charge in [-0.25, -0.2) is 9.78 Å². The average Bonchev–Trinajstić information content (AvgIpc) is 3.33. The van der Waals surface area contributed by atoms with Crippen LogP contribution in [-0.2, 0) is 7.05 Å². The first kappa shape index (κ1) is 19.6. The average molecular weight is 426 g/mol. The number of aryl methyl sites for hydroxylation is 1. The highest BCUT2D eigenvalue weighted by Crippen LogP contribution is 2.35. The summed E-state index contributed by atoms with van der Waals surface area (Å²) in [6.45, 7) is 2.37. The number of fused-ring (bicyclic) bond motifs is 2. The minimum absolute atomic E-state index is 0.225. The Bertz CT molecular complexity index is 1450. The molecule has 32 heavy (non-hydrogen) atoms. The van der Waals surface area contributed by atoms with E-state index in [4.69, 9.17) is 0 Å². The molecule has 3 heterocycles. The lowest BCUT2D eigenvalue weighted by atomic mass is 9.98. The predicted molar refractivity (Wildman–Crippen MR) is 126 cm³/mol. The second-order valence-corrected chi connectivity index (χ2v) is 7.57. The largest absolute Gasteiger partial charge is 0.494 e. The third-order valence-electron chi connectivity index (χ3n) is 5.39. The van der Waals surface area contributed by atoms with E-state index >= 15 is 0 Å². The molecule has 0 aliphatic heterocycles. The Morgan fingerprint density at radius 3 is 2.81 bits per heavy atom. The van der Waals surface area contributed by atoms with Crippen molar-refractivity contribution in [3.63, 3.8) is 0 Å². The normalized spacial score (nSPS) is 11.2. The number of benzene rings is 2. The van der Waals surface area contributed by atoms with Crippen LogP contribution < -0.4 is 10.6 Å². The molecule has 2 amide bonds. The quantitative estimate of drug-likeness (QED) is 0.336. The number of carbonyl (C=O) groups excluding carboxylic acids is 1. The Morgan fingerprint density at radius 2 is 2.03 bits per heavy atom. The van der Waals surface area contributed by atoms with E-state index in [2.05, 4.69) is 25.6 Å². The molecule has 5 aromatic rings. The van der Waals surface area contributed by atoms with E-state index in [0.29, 0.717) is 18.0 Å². The van der Waals surface area contributed by atoms with Crippen molar-refractivity contribution >= 4 is 33.8 Å². The Hall–Kier alpha value is -4.33. The molecule has 0 aliphatic rings. The molecule has 0 aliphatic carbocycles. The molecule has 0 fully saturated rings. The van der Waals surface area contributed by atoms with Gasteiger partial charge in [0.15, 0.2) is 5.88 Å². The summed E-state index contributed by atoms with van der Waals surface area (Å²) in [5, 5.41) is 17.6. The van der Waals surface area contributed by atoms with Crippen LogP contribution in [0.4, 0.5) is 10.7 Å². The Balaban J connectivity index is 1.68. The minimum Gasteiger partial charge on any atom is -0.494 e. The predicted octanol–water partition coefficient (Wildman–Crippen LogP) is 4.63. The molecule has 8 heteroatoms. The third-order valence-corrected chi connectivity index (χ3v) is 5.39. The summed E-state index contributed by atoms with van der Waals surface area (Å²) in [7, 11) is 1.81. The lowest BCUT2D eigenvalue weighted by Gasteiger charge is -2.07. The van der Waals surface area contributed by atoms with Crippen molar-refractivity contribution in [2.24, 2.45) is 7.05 Å². The first-order chi connectivity index (χ1) is 15.5. The molecule has 2 aromatic carbocycles. The molecule has 8 nitrogen and oxygen atoms in total. The summed E-state index contributed by atoms with van der Waals surface area (Å²) >= 11 is 0. The lowest BCUT2D eigenvalue weighted by Crippen LogP contribution is -2.28. The number of aromatic amines is 1. The van der Waals surface area contributed by atoms with Gasteiger partial charge in [0.1, 0.15) is 0 Å². The third kappa shape index (κ3) is 3.41. The lowest BCUT2D eigenvalue weighted by molar-refractivity contribution is 0.252. The molecule has 0 radical (unpaired) electrons. The molecule has 4 N–H and O–H groups in total. The van der Waals surface area contributed by atoms with E-state index in [-0.39, 0.29) is 11.9 Å². The maximum Gasteiger partial charge on any atom is 0.321 e. The number of hydrogen-bond acceptors (Lipinski definition) is 4. The van der Waals surface area contributed by atoms with Crippen molar-refractivity contribution < 1.29 is 9.90 Å². The number of carbonyl (C=O) groups is 1. The number of H-pyrrole nitrogens is 1. The van der Waals surface area contributed by atoms with Crippen LogP contribution in [0, 0.1) is 0 Å². The van der Waals surface area contributed by atoms with Gasteiger partial charge in [0.05, 0.1) is 16.7 Å². The number of aromatic hydroxyl groups is 1. The van der Waals surface area contributed by atoms with E-state index in [0.717, 1.165) is 38.7 Å². The van der Waals surface area contributed by atoms with Gasteiger partial charge in [-0.1, -0.05) is 18.2 Å². The van der Waals surface area contributed by atoms with E-state index in [1.165, 1.54) is 0 Å². The van der Waals surface area contributed by atoms with Gasteiger partial charge in [-0.3, -0.25) is 10.3 Å². The van der Waals surface area contributed by atoms with Gasteiger partial charge in [0, 0.05) is 42.3 Å². The molecule has 160 valence electrons. The number of nitrogens with one attached hydrogen (secondary N) is 3. The zero-order valence-corrected chi connectivity index (χ0v) is 17.7. The highest BCUT2D eigenvalue weighted by molar-refractivity contribution is 5.99. The number of urea groups is 1. The van der Waals surface area contributed by atoms with Crippen molar-refractivity contribution in [3.05, 3.63) is 60.9 Å². The highest BCUT2D eigenvalue weighted by atomic mass is 16.3. The van der Waals surface area contributed by atoms with Crippen LogP contribution in [0.25, 0.3) is 44.2 Å². The first-order valence-electron chi connectivity index (χ1n) is 10.3. The van der Waals surface area contributed by atoms with E-state index in [1.807, 2.05) is 68.7 Å². The standard InChI is InChI=1S/C24H22N6O2/c1-3-25-24(32)29-23-27-20-12-16(11-18(21(20)28-23)19-6-4-5-9-26-19)14-7-8-15-13-30(2)22(31)17(15)10-14/h4-13,31H,3H2,1-2H3,(H3,25,27,28,29,32). The Morgan fingerprint density at radius 1 is 1.16 bits per heavy atom. The van der Waals surface area contributed by atoms with Crippen molar-refractivity contribution in [3.8, 4) is 28.3 Å². The van der Waals surface area contributed by atoms with Gasteiger partial charge in [-0.15, -0.1) is 0 Å². The fourth-order valence-corrected chi connectivity index (χ4v) is 3.87. The number of pyridine rings is 1. The maximum atomic E-state index is 12.0. The van der Waals surface area contributed by atoms with Crippen LogP contribution in [0.3, 0.4) is 0 Å². The summed E-state index contributed by atoms with van der Waals surface area (Å²) in [4.78, 5) is 24.3.